The summed E-state index contributed by atoms with van der Waals surface area (Å²) < 4.78 is 0. The van der Waals surface area contributed by atoms with E-state index in [-0.39, 0.29) is 11.9 Å². The summed E-state index contributed by atoms with van der Waals surface area (Å²) in [5, 5.41) is 0. The number of carbonyl (C=O) groups is 1. The second-order valence-corrected chi connectivity index (χ2v) is 5.28. The smallest absolute Gasteiger partial charge is 0.226 e. The summed E-state index contributed by atoms with van der Waals surface area (Å²) in [5.41, 5.74) is 9.53. The van der Waals surface area contributed by atoms with E-state index in [4.69, 9.17) is 5.73 Å². The van der Waals surface area contributed by atoms with Crippen LogP contribution in [0.5, 0.6) is 0 Å². The van der Waals surface area contributed by atoms with Gasteiger partial charge in [-0.1, -0.05) is 6.07 Å². The predicted octanol–water partition coefficient (Wildman–Crippen LogP) is 2.27. The number of hydrogen-bond donors (Lipinski definition) is 1. The molecule has 1 aliphatic carbocycles. The Hall–Kier alpha value is -1.35. The minimum absolute atomic E-state index is 0.0855. The number of nitrogens with zero attached hydrogens (tertiary/aromatic N) is 1. The highest BCUT2D eigenvalue weighted by Gasteiger charge is 2.15. The maximum Gasteiger partial charge on any atom is 0.226 e. The van der Waals surface area contributed by atoms with Gasteiger partial charge in [-0.05, 0) is 55.9 Å². The molecular formula is C15H22N2O. The zero-order valence-electron chi connectivity index (χ0n) is 11.3. The molecular weight excluding hydrogens is 224 g/mol. The van der Waals surface area contributed by atoms with Gasteiger partial charge in [0.2, 0.25) is 5.91 Å². The van der Waals surface area contributed by atoms with E-state index in [2.05, 4.69) is 12.1 Å². The van der Waals surface area contributed by atoms with Crippen LogP contribution in [0.25, 0.3) is 0 Å². The molecule has 1 aromatic rings. The first-order chi connectivity index (χ1) is 8.58. The van der Waals surface area contributed by atoms with E-state index >= 15 is 0 Å². The lowest BCUT2D eigenvalue weighted by Gasteiger charge is -2.19. The van der Waals surface area contributed by atoms with Crippen LogP contribution in [0.3, 0.4) is 0 Å². The number of benzene rings is 1. The second kappa shape index (κ2) is 5.53. The molecule has 3 nitrogen and oxygen atoms in total. The van der Waals surface area contributed by atoms with Crippen LogP contribution < -0.4 is 10.6 Å². The van der Waals surface area contributed by atoms with Gasteiger partial charge in [0.05, 0.1) is 0 Å². The third kappa shape index (κ3) is 2.91. The van der Waals surface area contributed by atoms with Crippen molar-refractivity contribution in [2.24, 2.45) is 5.73 Å². The standard InChI is InChI=1S/C15H22N2O/c1-11(16)6-9-15(18)17(2)14-8-7-12-4-3-5-13(12)10-14/h7-8,10-11H,3-6,9,16H2,1-2H3. The zero-order chi connectivity index (χ0) is 13.1. The summed E-state index contributed by atoms with van der Waals surface area (Å²) in [6.07, 6.45) is 4.82. The average Bonchev–Trinajstić information content (AvgIpc) is 2.81. The van der Waals surface area contributed by atoms with Crippen molar-refractivity contribution in [3.63, 3.8) is 0 Å². The molecule has 0 aromatic heterocycles. The van der Waals surface area contributed by atoms with Crippen molar-refractivity contribution in [1.29, 1.82) is 0 Å². The number of fused-ring (bicyclic) bond motifs is 1. The number of nitrogens with two attached hydrogens (primary N) is 1. The fourth-order valence-corrected chi connectivity index (χ4v) is 2.43. The highest BCUT2D eigenvalue weighted by molar-refractivity contribution is 5.92. The Labute approximate surface area is 109 Å². The highest BCUT2D eigenvalue weighted by atomic mass is 16.2. The Kier molecular flexibility index (Phi) is 4.02. The minimum Gasteiger partial charge on any atom is -0.328 e. The van der Waals surface area contributed by atoms with Gasteiger partial charge in [-0.2, -0.15) is 0 Å². The van der Waals surface area contributed by atoms with E-state index in [0.717, 1.165) is 18.5 Å². The lowest BCUT2D eigenvalue weighted by molar-refractivity contribution is -0.118. The molecule has 0 saturated carbocycles. The molecule has 0 aliphatic heterocycles. The maximum absolute atomic E-state index is 12.0. The lowest BCUT2D eigenvalue weighted by atomic mass is 10.1. The van der Waals surface area contributed by atoms with E-state index in [1.165, 1.54) is 24.0 Å². The lowest BCUT2D eigenvalue weighted by Crippen LogP contribution is -2.28. The molecule has 0 saturated heterocycles. The molecule has 1 aromatic carbocycles. The van der Waals surface area contributed by atoms with Gasteiger partial charge in [-0.15, -0.1) is 0 Å². The van der Waals surface area contributed by atoms with Crippen LogP contribution in [0.15, 0.2) is 18.2 Å². The molecule has 1 atom stereocenters. The number of hydrogen-bond acceptors (Lipinski definition) is 2. The summed E-state index contributed by atoms with van der Waals surface area (Å²) in [6, 6.07) is 6.45. The van der Waals surface area contributed by atoms with Gasteiger partial charge in [0.25, 0.3) is 0 Å². The molecule has 2 N–H and O–H groups in total. The fourth-order valence-electron chi connectivity index (χ4n) is 2.43. The molecule has 0 spiro atoms. The number of carbonyl (C=O) groups excluding carboxylic acids is 1. The van der Waals surface area contributed by atoms with Crippen molar-refractivity contribution < 1.29 is 4.79 Å². The molecule has 1 amide bonds. The fraction of sp³-hybridized carbons (Fsp3) is 0.533. The SMILES string of the molecule is CC(N)CCC(=O)N(C)c1ccc2c(c1)CCC2. The van der Waals surface area contributed by atoms with Crippen molar-refractivity contribution in [2.45, 2.75) is 45.1 Å². The average molecular weight is 246 g/mol. The van der Waals surface area contributed by atoms with Crippen LogP contribution in [0.2, 0.25) is 0 Å². The van der Waals surface area contributed by atoms with E-state index in [1.807, 2.05) is 20.0 Å². The van der Waals surface area contributed by atoms with Crippen LogP contribution in [-0.2, 0) is 17.6 Å². The summed E-state index contributed by atoms with van der Waals surface area (Å²) in [5.74, 6) is 0.144. The van der Waals surface area contributed by atoms with Gasteiger partial charge in [-0.25, -0.2) is 0 Å². The predicted molar refractivity (Wildman–Crippen MR) is 74.8 cm³/mol. The molecule has 0 fully saturated rings. The van der Waals surface area contributed by atoms with Crippen molar-refractivity contribution >= 4 is 11.6 Å². The molecule has 1 aliphatic rings. The number of rotatable bonds is 4. The molecule has 2 rings (SSSR count). The van der Waals surface area contributed by atoms with E-state index < -0.39 is 0 Å². The first-order valence-corrected chi connectivity index (χ1v) is 6.72. The van der Waals surface area contributed by atoms with Gasteiger partial charge < -0.3 is 10.6 Å². The molecule has 3 heteroatoms. The third-order valence-electron chi connectivity index (χ3n) is 3.66. The van der Waals surface area contributed by atoms with E-state index in [1.54, 1.807) is 4.90 Å². The summed E-state index contributed by atoms with van der Waals surface area (Å²) in [7, 11) is 1.85. The van der Waals surface area contributed by atoms with Crippen molar-refractivity contribution in [2.75, 3.05) is 11.9 Å². The van der Waals surface area contributed by atoms with Crippen LogP contribution in [0, 0.1) is 0 Å². The normalized spacial score (nSPS) is 15.3. The van der Waals surface area contributed by atoms with Gasteiger partial charge >= 0.3 is 0 Å². The Morgan fingerprint density at radius 2 is 2.11 bits per heavy atom. The Balaban J connectivity index is 2.04. The van der Waals surface area contributed by atoms with Crippen LogP contribution in [0.4, 0.5) is 5.69 Å². The zero-order valence-corrected chi connectivity index (χ0v) is 11.3. The largest absolute Gasteiger partial charge is 0.328 e. The van der Waals surface area contributed by atoms with Gasteiger partial charge in [-0.3, -0.25) is 4.79 Å². The van der Waals surface area contributed by atoms with Gasteiger partial charge in [0.15, 0.2) is 0 Å². The Morgan fingerprint density at radius 3 is 2.83 bits per heavy atom. The van der Waals surface area contributed by atoms with Crippen LogP contribution >= 0.6 is 0 Å². The third-order valence-corrected chi connectivity index (χ3v) is 3.66. The molecule has 18 heavy (non-hydrogen) atoms. The van der Waals surface area contributed by atoms with Gasteiger partial charge in [0.1, 0.15) is 0 Å². The number of amides is 1. The number of aryl methyl sites for hydroxylation is 2. The minimum atomic E-state index is 0.0855. The Bertz CT molecular complexity index is 440. The summed E-state index contributed by atoms with van der Waals surface area (Å²) in [6.45, 7) is 1.93. The summed E-state index contributed by atoms with van der Waals surface area (Å²) >= 11 is 0. The van der Waals surface area contributed by atoms with Crippen LogP contribution in [-0.4, -0.2) is 19.0 Å². The molecule has 98 valence electrons. The monoisotopic (exact) mass is 246 g/mol. The van der Waals surface area contributed by atoms with E-state index in [0.29, 0.717) is 6.42 Å². The molecule has 0 radical (unpaired) electrons. The van der Waals surface area contributed by atoms with Crippen molar-refractivity contribution in [3.8, 4) is 0 Å². The topological polar surface area (TPSA) is 46.3 Å². The number of anilines is 1. The highest BCUT2D eigenvalue weighted by Crippen LogP contribution is 2.26. The van der Waals surface area contributed by atoms with E-state index in [9.17, 15) is 4.79 Å². The first kappa shape index (κ1) is 13.1. The van der Waals surface area contributed by atoms with Gasteiger partial charge in [0, 0.05) is 25.2 Å². The molecule has 1 unspecified atom stereocenters. The maximum atomic E-state index is 12.0. The second-order valence-electron chi connectivity index (χ2n) is 5.28. The Morgan fingerprint density at radius 1 is 1.39 bits per heavy atom. The van der Waals surface area contributed by atoms with Crippen LogP contribution in [0.1, 0.15) is 37.3 Å². The van der Waals surface area contributed by atoms with Crippen molar-refractivity contribution in [3.05, 3.63) is 29.3 Å². The van der Waals surface area contributed by atoms with Crippen molar-refractivity contribution in [1.82, 2.24) is 0 Å². The summed E-state index contributed by atoms with van der Waals surface area (Å²) in [4.78, 5) is 13.8. The first-order valence-electron chi connectivity index (χ1n) is 6.72. The molecule has 0 heterocycles. The quantitative estimate of drug-likeness (QED) is 0.885. The molecule has 0 bridgehead atoms.